The van der Waals surface area contributed by atoms with E-state index >= 15 is 0 Å². The van der Waals surface area contributed by atoms with Crippen molar-refractivity contribution in [3.63, 3.8) is 0 Å². The number of hydrogen-bond donors (Lipinski definition) is 5. The van der Waals surface area contributed by atoms with E-state index in [4.69, 9.17) is 26.0 Å². The maximum absolute atomic E-state index is 13.4. The van der Waals surface area contributed by atoms with Crippen molar-refractivity contribution in [3.05, 3.63) is 76.4 Å². The molecule has 0 radical (unpaired) electrons. The molecule has 4 aliphatic heterocycles. The van der Waals surface area contributed by atoms with Gasteiger partial charge in [-0.2, -0.15) is 0 Å². The van der Waals surface area contributed by atoms with Crippen molar-refractivity contribution >= 4 is 35.3 Å². The fourth-order valence-corrected chi connectivity index (χ4v) is 10.8. The van der Waals surface area contributed by atoms with Crippen LogP contribution in [0.15, 0.2) is 47.2 Å². The summed E-state index contributed by atoms with van der Waals surface area (Å²) in [6.07, 6.45) is 14.0. The van der Waals surface area contributed by atoms with Gasteiger partial charge in [-0.3, -0.25) is 4.79 Å². The Morgan fingerprint density at radius 2 is 1.76 bits per heavy atom. The molecule has 0 bridgehead atoms. The number of rotatable bonds is 9. The van der Waals surface area contributed by atoms with Gasteiger partial charge in [0.2, 0.25) is 11.9 Å². The van der Waals surface area contributed by atoms with Gasteiger partial charge < -0.3 is 50.8 Å². The highest BCUT2D eigenvalue weighted by molar-refractivity contribution is 5.86. The monoisotopic (exact) mass is 804 g/mol. The van der Waals surface area contributed by atoms with Gasteiger partial charge in [-0.15, -0.1) is 0 Å². The number of phenolic OH excluding ortho intramolecular Hbond substituents is 1. The van der Waals surface area contributed by atoms with Gasteiger partial charge in [0.25, 0.3) is 0 Å². The van der Waals surface area contributed by atoms with E-state index in [0.717, 1.165) is 93.4 Å². The third kappa shape index (κ3) is 7.54. The summed E-state index contributed by atoms with van der Waals surface area (Å²) in [4.78, 5) is 35.6. The summed E-state index contributed by atoms with van der Waals surface area (Å²) >= 11 is 0. The number of nitrogens with one attached hydrogen (secondary N) is 1. The number of carbonyl (C=O) groups excluding carboxylic acids is 1. The zero-order valence-electron chi connectivity index (χ0n) is 34.7. The Morgan fingerprint density at radius 1 is 1.03 bits per heavy atom. The van der Waals surface area contributed by atoms with Gasteiger partial charge in [-0.25, -0.2) is 9.97 Å². The summed E-state index contributed by atoms with van der Waals surface area (Å²) < 4.78 is 5.82. The molecule has 3 unspecified atom stereocenters. The Labute approximate surface area is 346 Å². The van der Waals surface area contributed by atoms with Crippen molar-refractivity contribution in [2.75, 3.05) is 61.3 Å². The van der Waals surface area contributed by atoms with Crippen molar-refractivity contribution in [1.82, 2.24) is 29.9 Å². The first-order valence-electron chi connectivity index (χ1n) is 21.7. The number of anilines is 3. The van der Waals surface area contributed by atoms with E-state index in [9.17, 15) is 15.0 Å². The van der Waals surface area contributed by atoms with E-state index in [1.165, 1.54) is 18.4 Å². The molecule has 5 aliphatic rings. The standard InChI is InChI=1S/C45H60N10O4/c1-27(2)40(43(58)54-16-10-32(56)26-54)38-21-39(51-59-38)53-18-12-45(13-19-53)22-31(23-45)52-14-8-29(9-15-52)30-24-48-44(49-25-30)55-17-11-36-41(28(55)3)34(42(47)50-36)20-35(46)33-6-4-5-7-37(33)57/h4-7,20-21,24-25,27-29,31-32,40,50,56-57H,8-19,22-23,26,46-47H2,1-3H3/b35-20-. The number of amides is 1. The second-order valence-electron chi connectivity index (χ2n) is 18.3. The molecule has 4 aromatic rings. The van der Waals surface area contributed by atoms with E-state index < -0.39 is 6.10 Å². The maximum Gasteiger partial charge on any atom is 0.233 e. The topological polar surface area (TPSA) is 190 Å². The summed E-state index contributed by atoms with van der Waals surface area (Å²) in [7, 11) is 0. The molecule has 7 heterocycles. The largest absolute Gasteiger partial charge is 0.507 e. The van der Waals surface area contributed by atoms with Gasteiger partial charge in [0.15, 0.2) is 11.6 Å². The van der Waals surface area contributed by atoms with Gasteiger partial charge in [0, 0.05) is 91.7 Å². The number of H-pyrrole nitrogens is 1. The Bertz CT molecular complexity index is 2160. The highest BCUT2D eigenvalue weighted by Crippen LogP contribution is 2.52. The van der Waals surface area contributed by atoms with Crippen LogP contribution in [0.2, 0.25) is 0 Å². The predicted molar refractivity (Wildman–Crippen MR) is 229 cm³/mol. The lowest BCUT2D eigenvalue weighted by Crippen LogP contribution is -2.56. The number of piperidine rings is 2. The van der Waals surface area contributed by atoms with Crippen molar-refractivity contribution in [3.8, 4) is 5.75 Å². The van der Waals surface area contributed by atoms with E-state index in [0.29, 0.717) is 59.7 Å². The van der Waals surface area contributed by atoms with E-state index in [1.54, 1.807) is 23.1 Å². The van der Waals surface area contributed by atoms with E-state index in [-0.39, 0.29) is 29.5 Å². The summed E-state index contributed by atoms with van der Waals surface area (Å²) in [5.41, 5.74) is 18.6. The molecule has 7 N–H and O–H groups in total. The first-order chi connectivity index (χ1) is 28.5. The van der Waals surface area contributed by atoms with Gasteiger partial charge in [0.1, 0.15) is 17.5 Å². The van der Waals surface area contributed by atoms with Crippen LogP contribution in [0, 0.1) is 11.3 Å². The van der Waals surface area contributed by atoms with Crippen LogP contribution in [0.4, 0.5) is 17.6 Å². The lowest BCUT2D eigenvalue weighted by atomic mass is 9.59. The first-order valence-corrected chi connectivity index (χ1v) is 21.7. The fraction of sp³-hybridized carbons (Fsp3) is 0.556. The van der Waals surface area contributed by atoms with Crippen molar-refractivity contribution < 1.29 is 19.5 Å². The van der Waals surface area contributed by atoms with Crippen LogP contribution in [0.25, 0.3) is 11.8 Å². The molecule has 314 valence electrons. The molecule has 1 spiro atoms. The summed E-state index contributed by atoms with van der Waals surface area (Å²) in [5.74, 6) is 3.06. The minimum absolute atomic E-state index is 0.0193. The molecule has 3 aromatic heterocycles. The number of hydrogen-bond acceptors (Lipinski definition) is 12. The molecule has 59 heavy (non-hydrogen) atoms. The number of β-amino-alcohol motifs (C(OH)–C–C–N with tert-alkyl or cyclic N) is 1. The number of aromatic amines is 1. The molecule has 1 aliphatic carbocycles. The number of nitrogen functional groups attached to an aromatic ring is 1. The highest BCUT2D eigenvalue weighted by atomic mass is 16.5. The molecule has 1 saturated carbocycles. The third-order valence-corrected chi connectivity index (χ3v) is 14.3. The van der Waals surface area contributed by atoms with Crippen molar-refractivity contribution in [2.24, 2.45) is 17.1 Å². The Morgan fingerprint density at radius 3 is 2.44 bits per heavy atom. The zero-order valence-corrected chi connectivity index (χ0v) is 34.7. The third-order valence-electron chi connectivity index (χ3n) is 14.3. The summed E-state index contributed by atoms with van der Waals surface area (Å²) in [6, 6.07) is 9.68. The number of aromatic hydroxyl groups is 1. The lowest BCUT2D eigenvalue weighted by Gasteiger charge is -2.56. The number of carbonyl (C=O) groups is 1. The number of benzene rings is 1. The minimum atomic E-state index is -0.439. The molecule has 3 saturated heterocycles. The number of nitrogens with zero attached hydrogens (tertiary/aromatic N) is 7. The highest BCUT2D eigenvalue weighted by Gasteiger charge is 2.48. The number of para-hydroxylation sites is 1. The number of aromatic nitrogens is 4. The summed E-state index contributed by atoms with van der Waals surface area (Å²) in [5, 5.41) is 24.8. The zero-order chi connectivity index (χ0) is 41.0. The molecule has 9 rings (SSSR count). The average molecular weight is 805 g/mol. The molecular formula is C45H60N10O4. The number of nitrogens with two attached hydrogens (primary N) is 2. The normalized spacial score (nSPS) is 23.5. The quantitative estimate of drug-likeness (QED) is 0.141. The summed E-state index contributed by atoms with van der Waals surface area (Å²) in [6.45, 7) is 12.1. The molecule has 1 amide bonds. The van der Waals surface area contributed by atoms with Gasteiger partial charge in [-0.05, 0) is 106 Å². The van der Waals surface area contributed by atoms with Crippen LogP contribution in [0.3, 0.4) is 0 Å². The first kappa shape index (κ1) is 39.4. The SMILES string of the molecule is CC(C)C(C(=O)N1CCC(O)C1)c1cc(N2CCC3(CC2)CC(N2CCC(c4cnc(N5CCc6[nH]c(N)c(/C=C(\N)c7ccccc7O)c6C5C)nc4)CC2)C3)no1. The Balaban J connectivity index is 0.759. The lowest BCUT2D eigenvalue weighted by molar-refractivity contribution is -0.133. The van der Waals surface area contributed by atoms with Gasteiger partial charge in [-0.1, -0.05) is 31.1 Å². The second kappa shape index (κ2) is 15.8. The van der Waals surface area contributed by atoms with E-state index in [1.807, 2.05) is 44.4 Å². The fourth-order valence-electron chi connectivity index (χ4n) is 10.8. The number of fused-ring (bicyclic) bond motifs is 1. The van der Waals surface area contributed by atoms with Crippen LogP contribution in [-0.2, 0) is 11.2 Å². The van der Waals surface area contributed by atoms with Crippen LogP contribution in [-0.4, -0.2) is 104 Å². The Kier molecular flexibility index (Phi) is 10.6. The molecule has 4 fully saturated rings. The number of aliphatic hydroxyl groups excluding tert-OH is 1. The predicted octanol–water partition coefficient (Wildman–Crippen LogP) is 5.62. The second-order valence-corrected chi connectivity index (χ2v) is 18.3. The van der Waals surface area contributed by atoms with Crippen LogP contribution < -0.4 is 21.3 Å². The van der Waals surface area contributed by atoms with Crippen LogP contribution in [0.5, 0.6) is 5.75 Å². The van der Waals surface area contributed by atoms with Crippen molar-refractivity contribution in [1.29, 1.82) is 0 Å². The molecule has 14 heteroatoms. The average Bonchev–Trinajstić information content (AvgIpc) is 3.96. The number of phenols is 1. The van der Waals surface area contributed by atoms with Crippen LogP contribution in [0.1, 0.15) is 117 Å². The molecule has 14 nitrogen and oxygen atoms in total. The van der Waals surface area contributed by atoms with E-state index in [2.05, 4.69) is 31.8 Å². The van der Waals surface area contributed by atoms with Gasteiger partial charge >= 0.3 is 0 Å². The van der Waals surface area contributed by atoms with Gasteiger partial charge in [0.05, 0.1) is 12.1 Å². The van der Waals surface area contributed by atoms with Crippen molar-refractivity contribution in [2.45, 2.75) is 102 Å². The molecule has 1 aromatic carbocycles. The van der Waals surface area contributed by atoms with Crippen LogP contribution >= 0.6 is 0 Å². The minimum Gasteiger partial charge on any atom is -0.507 e. The number of aliphatic hydroxyl groups is 1. The smallest absolute Gasteiger partial charge is 0.233 e. The molecular weight excluding hydrogens is 745 g/mol. The molecule has 3 atom stereocenters. The number of likely N-dealkylation sites (tertiary alicyclic amines) is 2. The Hall–Kier alpha value is -5.08. The maximum atomic E-state index is 13.4.